The minimum absolute atomic E-state index is 0.756. The smallest absolute Gasteiger partial charge is 0.133 e. The minimum atomic E-state index is 0.756. The third kappa shape index (κ3) is 4.35. The van der Waals surface area contributed by atoms with Crippen molar-refractivity contribution in [2.75, 3.05) is 6.54 Å². The Morgan fingerprint density at radius 2 is 1.76 bits per heavy atom. The molecule has 2 aromatic rings. The standard InChI is InChI=1S/C17H22BrN3/c1-4-9-19-11-15-12(2)20-17(21-13(15)3)10-14-7-5-6-8-16(14)18/h5-8,19H,4,9-11H2,1-3H3. The Balaban J connectivity index is 2.17. The van der Waals surface area contributed by atoms with Gasteiger partial charge >= 0.3 is 0 Å². The van der Waals surface area contributed by atoms with Crippen molar-refractivity contribution in [2.24, 2.45) is 0 Å². The van der Waals surface area contributed by atoms with E-state index in [0.29, 0.717) is 0 Å². The van der Waals surface area contributed by atoms with Gasteiger partial charge in [-0.1, -0.05) is 41.1 Å². The van der Waals surface area contributed by atoms with Crippen molar-refractivity contribution in [1.29, 1.82) is 0 Å². The second-order valence-corrected chi connectivity index (χ2v) is 6.09. The van der Waals surface area contributed by atoms with Gasteiger partial charge < -0.3 is 5.32 Å². The van der Waals surface area contributed by atoms with E-state index in [1.807, 2.05) is 12.1 Å². The van der Waals surface area contributed by atoms with E-state index in [2.05, 4.69) is 64.1 Å². The summed E-state index contributed by atoms with van der Waals surface area (Å²) >= 11 is 3.58. The van der Waals surface area contributed by atoms with Crippen LogP contribution in [0.25, 0.3) is 0 Å². The van der Waals surface area contributed by atoms with Gasteiger partial charge in [0.2, 0.25) is 0 Å². The van der Waals surface area contributed by atoms with Gasteiger partial charge in [-0.2, -0.15) is 0 Å². The van der Waals surface area contributed by atoms with Crippen LogP contribution < -0.4 is 5.32 Å². The summed E-state index contributed by atoms with van der Waals surface area (Å²) in [6, 6.07) is 8.23. The van der Waals surface area contributed by atoms with Gasteiger partial charge in [0.15, 0.2) is 0 Å². The molecule has 1 heterocycles. The molecule has 0 aliphatic carbocycles. The molecule has 0 aliphatic heterocycles. The first-order chi connectivity index (χ1) is 10.1. The Bertz CT molecular complexity index is 588. The molecule has 0 saturated carbocycles. The van der Waals surface area contributed by atoms with Crippen molar-refractivity contribution in [1.82, 2.24) is 15.3 Å². The van der Waals surface area contributed by atoms with Gasteiger partial charge in [-0.15, -0.1) is 0 Å². The fourth-order valence-corrected chi connectivity index (χ4v) is 2.77. The van der Waals surface area contributed by atoms with Crippen molar-refractivity contribution >= 4 is 15.9 Å². The first kappa shape index (κ1) is 16.1. The lowest BCUT2D eigenvalue weighted by molar-refractivity contribution is 0.662. The molecule has 21 heavy (non-hydrogen) atoms. The van der Waals surface area contributed by atoms with Crippen LogP contribution >= 0.6 is 15.9 Å². The van der Waals surface area contributed by atoms with Crippen LogP contribution in [0.15, 0.2) is 28.7 Å². The molecule has 0 radical (unpaired) electrons. The molecule has 0 aliphatic rings. The van der Waals surface area contributed by atoms with Crippen molar-refractivity contribution < 1.29 is 0 Å². The quantitative estimate of drug-likeness (QED) is 0.804. The lowest BCUT2D eigenvalue weighted by Gasteiger charge is -2.12. The topological polar surface area (TPSA) is 37.8 Å². The number of rotatable bonds is 6. The zero-order valence-electron chi connectivity index (χ0n) is 12.9. The van der Waals surface area contributed by atoms with Gasteiger partial charge in [0.1, 0.15) is 5.82 Å². The van der Waals surface area contributed by atoms with Gasteiger partial charge in [-0.25, -0.2) is 9.97 Å². The molecule has 0 saturated heterocycles. The predicted octanol–water partition coefficient (Wildman–Crippen LogP) is 3.95. The van der Waals surface area contributed by atoms with Gasteiger partial charge in [0.05, 0.1) is 0 Å². The molecule has 1 aromatic carbocycles. The summed E-state index contributed by atoms with van der Waals surface area (Å²) in [7, 11) is 0. The fourth-order valence-electron chi connectivity index (χ4n) is 2.35. The van der Waals surface area contributed by atoms with E-state index >= 15 is 0 Å². The molecule has 0 unspecified atom stereocenters. The maximum Gasteiger partial charge on any atom is 0.133 e. The van der Waals surface area contributed by atoms with E-state index in [0.717, 1.165) is 47.6 Å². The SMILES string of the molecule is CCCNCc1c(C)nc(Cc2ccccc2Br)nc1C. The van der Waals surface area contributed by atoms with Crippen LogP contribution in [0.5, 0.6) is 0 Å². The highest BCUT2D eigenvalue weighted by Crippen LogP contribution is 2.19. The van der Waals surface area contributed by atoms with Crippen LogP contribution in [0.1, 0.15) is 41.7 Å². The molecule has 4 heteroatoms. The molecule has 112 valence electrons. The summed E-state index contributed by atoms with van der Waals surface area (Å²) in [4.78, 5) is 9.35. The van der Waals surface area contributed by atoms with Crippen LogP contribution in [0, 0.1) is 13.8 Å². The maximum atomic E-state index is 4.68. The van der Waals surface area contributed by atoms with Crippen molar-refractivity contribution in [3.8, 4) is 0 Å². The number of halogens is 1. The fraction of sp³-hybridized carbons (Fsp3) is 0.412. The van der Waals surface area contributed by atoms with Crippen LogP contribution in [-0.4, -0.2) is 16.5 Å². The predicted molar refractivity (Wildman–Crippen MR) is 90.5 cm³/mol. The maximum absolute atomic E-state index is 4.68. The molecule has 0 fully saturated rings. The number of benzene rings is 1. The van der Waals surface area contributed by atoms with Gasteiger partial charge in [0, 0.05) is 34.4 Å². The first-order valence-electron chi connectivity index (χ1n) is 7.39. The van der Waals surface area contributed by atoms with Crippen LogP contribution in [0.4, 0.5) is 0 Å². The molecule has 0 spiro atoms. The van der Waals surface area contributed by atoms with E-state index in [1.165, 1.54) is 11.1 Å². The van der Waals surface area contributed by atoms with E-state index in [1.54, 1.807) is 0 Å². The van der Waals surface area contributed by atoms with E-state index < -0.39 is 0 Å². The Morgan fingerprint density at radius 3 is 2.38 bits per heavy atom. The molecule has 3 nitrogen and oxygen atoms in total. The van der Waals surface area contributed by atoms with E-state index in [-0.39, 0.29) is 0 Å². The monoisotopic (exact) mass is 347 g/mol. The Morgan fingerprint density at radius 1 is 1.10 bits per heavy atom. The average molecular weight is 348 g/mol. The summed E-state index contributed by atoms with van der Waals surface area (Å²) < 4.78 is 1.11. The van der Waals surface area contributed by atoms with E-state index in [9.17, 15) is 0 Å². The summed E-state index contributed by atoms with van der Waals surface area (Å²) in [6.45, 7) is 8.19. The Labute approximate surface area is 135 Å². The van der Waals surface area contributed by atoms with Crippen LogP contribution in [-0.2, 0) is 13.0 Å². The molecule has 0 bridgehead atoms. The Hall–Kier alpha value is -1.26. The average Bonchev–Trinajstić information content (AvgIpc) is 2.44. The molecular formula is C17H22BrN3. The molecule has 0 amide bonds. The number of aryl methyl sites for hydroxylation is 2. The third-order valence-corrected chi connectivity index (χ3v) is 4.28. The lowest BCUT2D eigenvalue weighted by Crippen LogP contribution is -2.17. The zero-order chi connectivity index (χ0) is 15.2. The minimum Gasteiger partial charge on any atom is -0.313 e. The van der Waals surface area contributed by atoms with Gasteiger partial charge in [-0.05, 0) is 38.4 Å². The zero-order valence-corrected chi connectivity index (χ0v) is 14.5. The molecular weight excluding hydrogens is 326 g/mol. The van der Waals surface area contributed by atoms with Crippen LogP contribution in [0.2, 0.25) is 0 Å². The number of aromatic nitrogens is 2. The third-order valence-electron chi connectivity index (χ3n) is 3.50. The largest absolute Gasteiger partial charge is 0.313 e. The summed E-state index contributed by atoms with van der Waals surface area (Å²) in [5.41, 5.74) is 4.59. The summed E-state index contributed by atoms with van der Waals surface area (Å²) in [6.07, 6.45) is 1.89. The number of nitrogens with zero attached hydrogens (tertiary/aromatic N) is 2. The molecule has 0 atom stereocenters. The van der Waals surface area contributed by atoms with Gasteiger partial charge in [0.25, 0.3) is 0 Å². The molecule has 1 aromatic heterocycles. The second kappa shape index (κ2) is 7.66. The van der Waals surface area contributed by atoms with Gasteiger partial charge in [-0.3, -0.25) is 0 Å². The Kier molecular flexibility index (Phi) is 5.88. The second-order valence-electron chi connectivity index (χ2n) is 5.23. The highest BCUT2D eigenvalue weighted by Gasteiger charge is 2.09. The number of nitrogens with one attached hydrogen (secondary N) is 1. The first-order valence-corrected chi connectivity index (χ1v) is 8.18. The summed E-state index contributed by atoms with van der Waals surface area (Å²) in [5.74, 6) is 0.885. The van der Waals surface area contributed by atoms with E-state index in [4.69, 9.17) is 0 Å². The number of hydrogen-bond acceptors (Lipinski definition) is 3. The normalized spacial score (nSPS) is 10.9. The summed E-state index contributed by atoms with van der Waals surface area (Å²) in [5, 5.41) is 3.42. The highest BCUT2D eigenvalue weighted by molar-refractivity contribution is 9.10. The van der Waals surface area contributed by atoms with Crippen molar-refractivity contribution in [2.45, 2.75) is 40.2 Å². The molecule has 2 rings (SSSR count). The highest BCUT2D eigenvalue weighted by atomic mass is 79.9. The lowest BCUT2D eigenvalue weighted by atomic mass is 10.1. The number of hydrogen-bond donors (Lipinski definition) is 1. The molecule has 1 N–H and O–H groups in total. The van der Waals surface area contributed by atoms with Crippen LogP contribution in [0.3, 0.4) is 0 Å². The van der Waals surface area contributed by atoms with Crippen molar-refractivity contribution in [3.05, 3.63) is 57.1 Å². The van der Waals surface area contributed by atoms with Crippen molar-refractivity contribution in [3.63, 3.8) is 0 Å².